The van der Waals surface area contributed by atoms with E-state index in [1.807, 2.05) is 33.7 Å². The van der Waals surface area contributed by atoms with Gasteiger partial charge in [-0.1, -0.05) is 12.1 Å². The highest BCUT2D eigenvalue weighted by Crippen LogP contribution is 2.17. The van der Waals surface area contributed by atoms with Crippen LogP contribution in [0.3, 0.4) is 0 Å². The Labute approximate surface area is 117 Å². The van der Waals surface area contributed by atoms with Gasteiger partial charge in [0.05, 0.1) is 23.5 Å². The number of para-hydroxylation sites is 2. The van der Waals surface area contributed by atoms with E-state index in [0.29, 0.717) is 5.82 Å². The molecule has 1 aliphatic rings. The first-order chi connectivity index (χ1) is 9.79. The van der Waals surface area contributed by atoms with Gasteiger partial charge in [0.25, 0.3) is 0 Å². The fraction of sp³-hybridized carbons (Fsp3) is 0.400. The third kappa shape index (κ3) is 2.25. The zero-order chi connectivity index (χ0) is 13.9. The summed E-state index contributed by atoms with van der Waals surface area (Å²) < 4.78 is 1.87. The highest BCUT2D eigenvalue weighted by atomic mass is 16.2. The molecular weight excluding hydrogens is 252 g/mol. The maximum Gasteiger partial charge on any atom is 0.242 e. The van der Waals surface area contributed by atoms with Crippen LogP contribution in [0.5, 0.6) is 0 Å². The smallest absolute Gasteiger partial charge is 0.242 e. The molecule has 2 heterocycles. The standard InChI is InChI=1S/C15H16N4O/c16-8-7-14-17-12-5-1-2-6-13(12)19(14)11-15(20)18-9-3-4-10-18/h1-2,5-6H,3-4,7,9-11H2. The van der Waals surface area contributed by atoms with E-state index < -0.39 is 0 Å². The average Bonchev–Trinajstić information content (AvgIpc) is 3.08. The molecule has 1 fully saturated rings. The summed E-state index contributed by atoms with van der Waals surface area (Å²) in [6.07, 6.45) is 2.39. The van der Waals surface area contributed by atoms with E-state index in [1.54, 1.807) is 0 Å². The highest BCUT2D eigenvalue weighted by molar-refractivity contribution is 5.81. The van der Waals surface area contributed by atoms with Crippen molar-refractivity contribution in [3.63, 3.8) is 0 Å². The Morgan fingerprint density at radius 3 is 2.80 bits per heavy atom. The largest absolute Gasteiger partial charge is 0.341 e. The highest BCUT2D eigenvalue weighted by Gasteiger charge is 2.20. The van der Waals surface area contributed by atoms with E-state index in [-0.39, 0.29) is 18.9 Å². The van der Waals surface area contributed by atoms with Crippen molar-refractivity contribution < 1.29 is 4.79 Å². The molecule has 0 saturated carbocycles. The van der Waals surface area contributed by atoms with Gasteiger partial charge in [-0.25, -0.2) is 4.98 Å². The first-order valence-corrected chi connectivity index (χ1v) is 6.88. The topological polar surface area (TPSA) is 61.9 Å². The van der Waals surface area contributed by atoms with Crippen LogP contribution in [0.1, 0.15) is 18.7 Å². The summed E-state index contributed by atoms with van der Waals surface area (Å²) in [5.74, 6) is 0.783. The Kier molecular flexibility index (Phi) is 3.38. The lowest BCUT2D eigenvalue weighted by atomic mass is 10.3. The predicted molar refractivity (Wildman–Crippen MR) is 74.9 cm³/mol. The number of nitriles is 1. The van der Waals surface area contributed by atoms with Crippen LogP contribution in [0.15, 0.2) is 24.3 Å². The lowest BCUT2D eigenvalue weighted by Crippen LogP contribution is -2.31. The Morgan fingerprint density at radius 1 is 1.30 bits per heavy atom. The number of imidazole rings is 1. The summed E-state index contributed by atoms with van der Waals surface area (Å²) in [6.45, 7) is 1.97. The maximum absolute atomic E-state index is 12.3. The van der Waals surface area contributed by atoms with Crippen molar-refractivity contribution in [1.82, 2.24) is 14.5 Å². The van der Waals surface area contributed by atoms with Crippen LogP contribution in [-0.4, -0.2) is 33.4 Å². The van der Waals surface area contributed by atoms with Gasteiger partial charge >= 0.3 is 0 Å². The average molecular weight is 268 g/mol. The fourth-order valence-electron chi connectivity index (χ4n) is 2.71. The minimum atomic E-state index is 0.116. The van der Waals surface area contributed by atoms with Crippen LogP contribution in [0.4, 0.5) is 0 Å². The Bertz CT molecular complexity index is 677. The predicted octanol–water partition coefficient (Wildman–Crippen LogP) is 1.72. The van der Waals surface area contributed by atoms with E-state index in [9.17, 15) is 4.79 Å². The zero-order valence-electron chi connectivity index (χ0n) is 11.2. The fourth-order valence-corrected chi connectivity index (χ4v) is 2.71. The van der Waals surface area contributed by atoms with Crippen molar-refractivity contribution in [2.45, 2.75) is 25.8 Å². The van der Waals surface area contributed by atoms with Gasteiger partial charge < -0.3 is 9.47 Å². The SMILES string of the molecule is N#CCc1nc2ccccc2n1CC(=O)N1CCCC1. The van der Waals surface area contributed by atoms with Gasteiger partial charge in [0.2, 0.25) is 5.91 Å². The summed E-state index contributed by atoms with van der Waals surface area (Å²) in [5.41, 5.74) is 1.76. The van der Waals surface area contributed by atoms with Crippen molar-refractivity contribution in [2.75, 3.05) is 13.1 Å². The molecular formula is C15H16N4O. The molecule has 0 atom stereocenters. The lowest BCUT2D eigenvalue weighted by Gasteiger charge is -2.16. The Morgan fingerprint density at radius 2 is 2.05 bits per heavy atom. The van der Waals surface area contributed by atoms with Crippen LogP contribution in [0.25, 0.3) is 11.0 Å². The number of hydrogen-bond donors (Lipinski definition) is 0. The molecule has 20 heavy (non-hydrogen) atoms. The van der Waals surface area contributed by atoms with E-state index in [0.717, 1.165) is 37.0 Å². The number of likely N-dealkylation sites (tertiary alicyclic amines) is 1. The minimum absolute atomic E-state index is 0.116. The van der Waals surface area contributed by atoms with Crippen LogP contribution in [0.2, 0.25) is 0 Å². The van der Waals surface area contributed by atoms with E-state index in [2.05, 4.69) is 11.1 Å². The van der Waals surface area contributed by atoms with E-state index in [4.69, 9.17) is 5.26 Å². The molecule has 0 bridgehead atoms. The number of fused-ring (bicyclic) bond motifs is 1. The number of nitrogens with zero attached hydrogens (tertiary/aromatic N) is 4. The molecule has 0 radical (unpaired) electrons. The van der Waals surface area contributed by atoms with E-state index >= 15 is 0 Å². The van der Waals surface area contributed by atoms with Crippen LogP contribution < -0.4 is 0 Å². The first kappa shape index (κ1) is 12.7. The molecule has 0 N–H and O–H groups in total. The maximum atomic E-state index is 12.3. The van der Waals surface area contributed by atoms with Crippen LogP contribution in [0, 0.1) is 11.3 Å². The van der Waals surface area contributed by atoms with Crippen molar-refractivity contribution in [3.8, 4) is 6.07 Å². The molecule has 1 aromatic carbocycles. The van der Waals surface area contributed by atoms with Crippen LogP contribution >= 0.6 is 0 Å². The van der Waals surface area contributed by atoms with Gasteiger partial charge in [-0.05, 0) is 25.0 Å². The number of aromatic nitrogens is 2. The Balaban J connectivity index is 1.94. The molecule has 1 aliphatic heterocycles. The molecule has 102 valence electrons. The van der Waals surface area contributed by atoms with Gasteiger partial charge in [0.15, 0.2) is 0 Å². The summed E-state index contributed by atoms with van der Waals surface area (Å²) in [5, 5.41) is 8.92. The van der Waals surface area contributed by atoms with Crippen molar-refractivity contribution in [3.05, 3.63) is 30.1 Å². The molecule has 0 aliphatic carbocycles. The molecule has 3 rings (SSSR count). The second kappa shape index (κ2) is 5.33. The quantitative estimate of drug-likeness (QED) is 0.851. The zero-order valence-corrected chi connectivity index (χ0v) is 11.2. The third-order valence-corrected chi connectivity index (χ3v) is 3.72. The normalized spacial score (nSPS) is 14.7. The van der Waals surface area contributed by atoms with Crippen molar-refractivity contribution in [1.29, 1.82) is 5.26 Å². The van der Waals surface area contributed by atoms with Gasteiger partial charge in [-0.3, -0.25) is 4.79 Å². The number of carbonyl (C=O) groups excluding carboxylic acids is 1. The van der Waals surface area contributed by atoms with Crippen molar-refractivity contribution >= 4 is 16.9 Å². The summed E-state index contributed by atoms with van der Waals surface area (Å²) >= 11 is 0. The summed E-state index contributed by atoms with van der Waals surface area (Å²) in [4.78, 5) is 18.7. The van der Waals surface area contributed by atoms with Gasteiger partial charge in [-0.15, -0.1) is 0 Å². The molecule has 0 unspecified atom stereocenters. The number of hydrogen-bond acceptors (Lipinski definition) is 3. The van der Waals surface area contributed by atoms with Gasteiger partial charge in [0, 0.05) is 13.1 Å². The number of carbonyl (C=O) groups is 1. The number of rotatable bonds is 3. The Hall–Kier alpha value is -2.35. The molecule has 1 saturated heterocycles. The molecule has 5 nitrogen and oxygen atoms in total. The second-order valence-electron chi connectivity index (χ2n) is 5.03. The lowest BCUT2D eigenvalue weighted by molar-refractivity contribution is -0.130. The second-order valence-corrected chi connectivity index (χ2v) is 5.03. The molecule has 0 spiro atoms. The molecule has 1 aromatic heterocycles. The third-order valence-electron chi connectivity index (χ3n) is 3.72. The van der Waals surface area contributed by atoms with Crippen LogP contribution in [-0.2, 0) is 17.8 Å². The molecule has 5 heteroatoms. The van der Waals surface area contributed by atoms with Gasteiger partial charge in [-0.2, -0.15) is 5.26 Å². The number of amides is 1. The molecule has 2 aromatic rings. The van der Waals surface area contributed by atoms with E-state index in [1.165, 1.54) is 0 Å². The summed E-state index contributed by atoms with van der Waals surface area (Å²) in [7, 11) is 0. The van der Waals surface area contributed by atoms with Crippen molar-refractivity contribution in [2.24, 2.45) is 0 Å². The monoisotopic (exact) mass is 268 g/mol. The minimum Gasteiger partial charge on any atom is -0.341 e. The summed E-state index contributed by atoms with van der Waals surface area (Å²) in [6, 6.07) is 9.82. The first-order valence-electron chi connectivity index (χ1n) is 6.88. The molecule has 1 amide bonds. The van der Waals surface area contributed by atoms with Gasteiger partial charge in [0.1, 0.15) is 12.4 Å². The number of benzene rings is 1.